The largest absolute Gasteiger partial charge is 0.416 e. The van der Waals surface area contributed by atoms with Crippen LogP contribution in [0.2, 0.25) is 0 Å². The predicted molar refractivity (Wildman–Crippen MR) is 84.0 cm³/mol. The van der Waals surface area contributed by atoms with Crippen molar-refractivity contribution < 1.29 is 22.7 Å². The number of fused-ring (bicyclic) bond motifs is 1. The monoisotopic (exact) mass is 372 g/mol. The van der Waals surface area contributed by atoms with Crippen molar-refractivity contribution in [3.8, 4) is 0 Å². The van der Waals surface area contributed by atoms with Gasteiger partial charge in [0.25, 0.3) is 11.5 Å². The minimum atomic E-state index is -4.60. The van der Waals surface area contributed by atoms with Crippen LogP contribution in [-0.4, -0.2) is 57.3 Å². The fourth-order valence-corrected chi connectivity index (χ4v) is 2.83. The predicted octanol–water partition coefficient (Wildman–Crippen LogP) is 0.334. The van der Waals surface area contributed by atoms with Gasteiger partial charge >= 0.3 is 11.9 Å². The number of aromatic amines is 1. The minimum Gasteiger partial charge on any atom is -0.365 e. The van der Waals surface area contributed by atoms with E-state index in [1.54, 1.807) is 6.92 Å². The number of hydrogen-bond acceptors (Lipinski definition) is 5. The van der Waals surface area contributed by atoms with Gasteiger partial charge in [0.15, 0.2) is 6.10 Å². The Morgan fingerprint density at radius 2 is 2.08 bits per heavy atom. The Balaban J connectivity index is 2.11. The number of rotatable bonds is 1. The number of carbonyl (C=O) groups is 1. The molecule has 8 nitrogen and oxygen atoms in total. The third kappa shape index (κ3) is 3.09. The molecule has 26 heavy (non-hydrogen) atoms. The zero-order valence-corrected chi connectivity index (χ0v) is 13.9. The summed E-state index contributed by atoms with van der Waals surface area (Å²) in [5.74, 6) is -0.748. The molecule has 1 N–H and O–H groups in total. The summed E-state index contributed by atoms with van der Waals surface area (Å²) in [5.41, 5.74) is -1.29. The Labute approximate surface area is 144 Å². The van der Waals surface area contributed by atoms with Crippen molar-refractivity contribution in [3.05, 3.63) is 38.2 Å². The number of amides is 1. The summed E-state index contributed by atoms with van der Waals surface area (Å²) >= 11 is 0. The number of halogens is 3. The second kappa shape index (κ2) is 6.24. The van der Waals surface area contributed by atoms with Crippen LogP contribution in [0.1, 0.15) is 16.1 Å². The summed E-state index contributed by atoms with van der Waals surface area (Å²) in [4.78, 5) is 43.9. The quantitative estimate of drug-likeness (QED) is 0.778. The smallest absolute Gasteiger partial charge is 0.365 e. The maximum atomic E-state index is 12.9. The van der Waals surface area contributed by atoms with Crippen LogP contribution in [0.5, 0.6) is 0 Å². The van der Waals surface area contributed by atoms with Crippen LogP contribution in [-0.2, 0) is 11.8 Å². The fourth-order valence-electron chi connectivity index (χ4n) is 2.83. The van der Waals surface area contributed by atoms with Gasteiger partial charge in [-0.3, -0.25) is 19.1 Å². The molecule has 1 atom stereocenters. The zero-order chi connectivity index (χ0) is 19.2. The molecule has 0 unspecified atom stereocenters. The summed E-state index contributed by atoms with van der Waals surface area (Å²) in [5, 5.41) is -0.141. The second-order valence-electron chi connectivity index (χ2n) is 5.98. The van der Waals surface area contributed by atoms with Crippen molar-refractivity contribution in [1.29, 1.82) is 0 Å². The number of alkyl halides is 3. The highest BCUT2D eigenvalue weighted by Gasteiger charge is 2.44. The average molecular weight is 372 g/mol. The van der Waals surface area contributed by atoms with E-state index >= 15 is 0 Å². The first-order valence-electron chi connectivity index (χ1n) is 7.68. The molecule has 0 bridgehead atoms. The number of H-pyrrole nitrogens is 1. The molecule has 3 rings (SSSR count). The van der Waals surface area contributed by atoms with Crippen LogP contribution in [0.4, 0.5) is 13.2 Å². The van der Waals surface area contributed by atoms with Crippen LogP contribution < -0.4 is 11.2 Å². The topological polar surface area (TPSA) is 97.3 Å². The molecule has 0 spiro atoms. The van der Waals surface area contributed by atoms with Gasteiger partial charge in [0.05, 0.1) is 24.1 Å². The molecule has 3 heterocycles. The Bertz CT molecular complexity index is 995. The molecular formula is C15H15F3N4O4. The minimum absolute atomic E-state index is 0.0114. The van der Waals surface area contributed by atoms with Crippen LogP contribution in [0.15, 0.2) is 15.7 Å². The van der Waals surface area contributed by atoms with Crippen molar-refractivity contribution in [2.24, 2.45) is 7.05 Å². The normalized spacial score (nSPS) is 18.3. The number of carbonyl (C=O) groups excluding carboxylic acids is 1. The van der Waals surface area contributed by atoms with E-state index in [1.807, 2.05) is 0 Å². The lowest BCUT2D eigenvalue weighted by molar-refractivity contribution is -0.233. The lowest BCUT2D eigenvalue weighted by Gasteiger charge is -2.34. The van der Waals surface area contributed by atoms with E-state index in [1.165, 1.54) is 13.1 Å². The van der Waals surface area contributed by atoms with Gasteiger partial charge in [-0.25, -0.2) is 9.78 Å². The Hall–Kier alpha value is -2.69. The summed E-state index contributed by atoms with van der Waals surface area (Å²) in [6, 6.07) is 1.32. The second-order valence-corrected chi connectivity index (χ2v) is 5.98. The van der Waals surface area contributed by atoms with E-state index in [9.17, 15) is 27.6 Å². The van der Waals surface area contributed by atoms with Gasteiger partial charge in [-0.2, -0.15) is 13.2 Å². The Morgan fingerprint density at radius 1 is 1.38 bits per heavy atom. The molecule has 0 aromatic carbocycles. The molecule has 1 amide bonds. The van der Waals surface area contributed by atoms with E-state index in [0.717, 1.165) is 9.47 Å². The van der Waals surface area contributed by atoms with E-state index in [4.69, 9.17) is 0 Å². The molecular weight excluding hydrogens is 357 g/mol. The highest BCUT2D eigenvalue weighted by Crippen LogP contribution is 2.27. The highest BCUT2D eigenvalue weighted by atomic mass is 19.4. The number of nitrogens with zero attached hydrogens (tertiary/aromatic N) is 3. The summed E-state index contributed by atoms with van der Waals surface area (Å²) < 4.78 is 44.4. The third-order valence-corrected chi connectivity index (χ3v) is 4.15. The van der Waals surface area contributed by atoms with Crippen molar-refractivity contribution in [3.63, 3.8) is 0 Å². The fraction of sp³-hybridized carbons (Fsp3) is 0.467. The van der Waals surface area contributed by atoms with Gasteiger partial charge in [0, 0.05) is 19.3 Å². The first kappa shape index (κ1) is 18.1. The standard InChI is InChI=1S/C15H15F3N4O4/c1-7-5-8(10-11(19-7)21(2)14(25)20-12(10)23)13(24)22-3-4-26-9(6-22)15(16,17)18/h5,9H,3-4,6H2,1-2H3,(H,20,23,25)/t9-/m1/s1. The van der Waals surface area contributed by atoms with Crippen LogP contribution >= 0.6 is 0 Å². The summed E-state index contributed by atoms with van der Waals surface area (Å²) in [6.07, 6.45) is -6.69. The number of aromatic nitrogens is 3. The van der Waals surface area contributed by atoms with Gasteiger partial charge in [-0.15, -0.1) is 0 Å². The molecule has 140 valence electrons. The van der Waals surface area contributed by atoms with Gasteiger partial charge < -0.3 is 9.64 Å². The van der Waals surface area contributed by atoms with Crippen LogP contribution in [0.3, 0.4) is 0 Å². The molecule has 2 aromatic heterocycles. The van der Waals surface area contributed by atoms with Crippen LogP contribution in [0.25, 0.3) is 11.0 Å². The number of ether oxygens (including phenoxy) is 1. The molecule has 11 heteroatoms. The number of hydrogen-bond donors (Lipinski definition) is 1. The first-order chi connectivity index (χ1) is 12.1. The lowest BCUT2D eigenvalue weighted by Crippen LogP contribution is -2.51. The maximum absolute atomic E-state index is 12.9. The summed E-state index contributed by atoms with van der Waals surface area (Å²) in [7, 11) is 1.37. The molecule has 2 aromatic rings. The molecule has 1 aliphatic heterocycles. The number of morpholine rings is 1. The van der Waals surface area contributed by atoms with E-state index in [-0.39, 0.29) is 29.7 Å². The van der Waals surface area contributed by atoms with Crippen molar-refractivity contribution >= 4 is 16.9 Å². The SMILES string of the molecule is Cc1cc(C(=O)N2CCO[C@@H](C(F)(F)F)C2)c2c(=O)[nH]c(=O)n(C)c2n1. The highest BCUT2D eigenvalue weighted by molar-refractivity contribution is 6.05. The Kier molecular flexibility index (Phi) is 4.34. The Morgan fingerprint density at radius 3 is 2.73 bits per heavy atom. The van der Waals surface area contributed by atoms with Crippen molar-refractivity contribution in [2.75, 3.05) is 19.7 Å². The van der Waals surface area contributed by atoms with Gasteiger partial charge in [0.1, 0.15) is 5.65 Å². The number of pyridine rings is 1. The van der Waals surface area contributed by atoms with Crippen molar-refractivity contribution in [1.82, 2.24) is 19.4 Å². The number of nitrogens with one attached hydrogen (secondary N) is 1. The summed E-state index contributed by atoms with van der Waals surface area (Å²) in [6.45, 7) is 0.569. The molecule has 0 saturated carbocycles. The molecule has 0 radical (unpaired) electrons. The van der Waals surface area contributed by atoms with Gasteiger partial charge in [-0.05, 0) is 13.0 Å². The molecule has 1 aliphatic rings. The maximum Gasteiger partial charge on any atom is 0.416 e. The average Bonchev–Trinajstić information content (AvgIpc) is 2.57. The van der Waals surface area contributed by atoms with E-state index < -0.39 is 36.0 Å². The molecule has 0 aliphatic carbocycles. The zero-order valence-electron chi connectivity index (χ0n) is 13.9. The molecule has 1 saturated heterocycles. The number of aryl methyl sites for hydroxylation is 2. The van der Waals surface area contributed by atoms with Crippen LogP contribution in [0, 0.1) is 6.92 Å². The van der Waals surface area contributed by atoms with E-state index in [2.05, 4.69) is 14.7 Å². The van der Waals surface area contributed by atoms with Gasteiger partial charge in [0.2, 0.25) is 0 Å². The van der Waals surface area contributed by atoms with Crippen molar-refractivity contribution in [2.45, 2.75) is 19.2 Å². The molecule has 1 fully saturated rings. The first-order valence-corrected chi connectivity index (χ1v) is 7.68. The van der Waals surface area contributed by atoms with Gasteiger partial charge in [-0.1, -0.05) is 0 Å². The van der Waals surface area contributed by atoms with E-state index in [0.29, 0.717) is 5.69 Å². The lowest BCUT2D eigenvalue weighted by atomic mass is 10.1. The third-order valence-electron chi connectivity index (χ3n) is 4.15.